The molecule has 1 aliphatic heterocycles. The number of carbonyl (C=O) groups is 1. The molecule has 5 nitrogen and oxygen atoms in total. The number of aryl methyl sites for hydroxylation is 1. The van der Waals surface area contributed by atoms with Crippen molar-refractivity contribution in [1.29, 1.82) is 0 Å². The normalized spacial score (nSPS) is 14.6. The lowest BCUT2D eigenvalue weighted by atomic mass is 9.80. The van der Waals surface area contributed by atoms with E-state index < -0.39 is 12.0 Å². The van der Waals surface area contributed by atoms with E-state index in [9.17, 15) is 9.18 Å². The van der Waals surface area contributed by atoms with E-state index in [1.54, 1.807) is 37.4 Å². The molecule has 3 aromatic carbocycles. The first-order valence-corrected chi connectivity index (χ1v) is 13.6. The number of thiophene rings is 1. The van der Waals surface area contributed by atoms with Gasteiger partial charge in [0.15, 0.2) is 0 Å². The standard InChI is InChI=1S/C32H31FN2O3S/c1-18-8-9-20(33)15-24(18)30(34)29-23(12-13-25-28(29)19(2)17-32(3,4)35-25)22-11-10-21(16-26(22)37-5)38-31(36)27-7-6-14-39-27/h6-17,30,35H,34H2,1-5H3. The van der Waals surface area contributed by atoms with Crippen molar-refractivity contribution >= 4 is 28.6 Å². The maximum absolute atomic E-state index is 14.4. The molecule has 0 saturated carbocycles. The van der Waals surface area contributed by atoms with E-state index in [-0.39, 0.29) is 11.4 Å². The number of nitrogens with one attached hydrogen (secondary N) is 1. The molecular formula is C32H31FN2O3S. The van der Waals surface area contributed by atoms with Crippen LogP contribution >= 0.6 is 11.3 Å². The van der Waals surface area contributed by atoms with E-state index in [2.05, 4.69) is 32.2 Å². The van der Waals surface area contributed by atoms with Crippen molar-refractivity contribution in [3.63, 3.8) is 0 Å². The lowest BCUT2D eigenvalue weighted by Gasteiger charge is -2.35. The number of methoxy groups -OCH3 is 1. The second-order valence-corrected chi connectivity index (χ2v) is 11.3. The van der Waals surface area contributed by atoms with Crippen LogP contribution in [-0.2, 0) is 0 Å². The molecule has 0 fully saturated rings. The average Bonchev–Trinajstić information content (AvgIpc) is 3.44. The Kier molecular flexibility index (Phi) is 7.05. The summed E-state index contributed by atoms with van der Waals surface area (Å²) < 4.78 is 25.8. The van der Waals surface area contributed by atoms with Crippen LogP contribution in [0, 0.1) is 12.7 Å². The molecule has 0 bridgehead atoms. The third-order valence-electron chi connectivity index (χ3n) is 6.96. The summed E-state index contributed by atoms with van der Waals surface area (Å²) in [6, 6.07) is 17.0. The van der Waals surface area contributed by atoms with Gasteiger partial charge in [-0.1, -0.05) is 24.3 Å². The highest BCUT2D eigenvalue weighted by atomic mass is 32.1. The lowest BCUT2D eigenvalue weighted by molar-refractivity contribution is 0.0739. The molecular weight excluding hydrogens is 511 g/mol. The van der Waals surface area contributed by atoms with E-state index >= 15 is 0 Å². The van der Waals surface area contributed by atoms with Crippen LogP contribution in [0.4, 0.5) is 10.1 Å². The van der Waals surface area contributed by atoms with Crippen LogP contribution in [0.15, 0.2) is 72.1 Å². The Morgan fingerprint density at radius 2 is 1.82 bits per heavy atom. The molecule has 1 aliphatic rings. The first-order chi connectivity index (χ1) is 18.6. The summed E-state index contributed by atoms with van der Waals surface area (Å²) in [4.78, 5) is 13.0. The molecule has 1 atom stereocenters. The van der Waals surface area contributed by atoms with Crippen molar-refractivity contribution in [3.05, 3.63) is 105 Å². The fraction of sp³-hybridized carbons (Fsp3) is 0.219. The van der Waals surface area contributed by atoms with Crippen LogP contribution in [-0.4, -0.2) is 18.6 Å². The van der Waals surface area contributed by atoms with E-state index in [4.69, 9.17) is 15.2 Å². The number of allylic oxidation sites excluding steroid dienone is 1. The quantitative estimate of drug-likeness (QED) is 0.193. The number of anilines is 1. The second kappa shape index (κ2) is 10.3. The molecule has 39 heavy (non-hydrogen) atoms. The number of nitrogens with two attached hydrogens (primary N) is 1. The summed E-state index contributed by atoms with van der Waals surface area (Å²) in [5.41, 5.74) is 13.9. The molecule has 3 N–H and O–H groups in total. The Labute approximate surface area is 232 Å². The van der Waals surface area contributed by atoms with Crippen molar-refractivity contribution in [2.24, 2.45) is 5.73 Å². The maximum atomic E-state index is 14.4. The topological polar surface area (TPSA) is 73.6 Å². The Bertz CT molecular complexity index is 1590. The molecule has 0 spiro atoms. The van der Waals surface area contributed by atoms with Crippen LogP contribution in [0.3, 0.4) is 0 Å². The first-order valence-electron chi connectivity index (χ1n) is 12.7. The van der Waals surface area contributed by atoms with Gasteiger partial charge < -0.3 is 20.5 Å². The Morgan fingerprint density at radius 3 is 2.54 bits per heavy atom. The Balaban J connectivity index is 1.67. The summed E-state index contributed by atoms with van der Waals surface area (Å²) in [6.07, 6.45) is 2.18. The zero-order valence-electron chi connectivity index (χ0n) is 22.6. The third kappa shape index (κ3) is 5.20. The molecule has 0 aliphatic carbocycles. The molecule has 0 amide bonds. The van der Waals surface area contributed by atoms with Crippen LogP contribution in [0.1, 0.15) is 58.7 Å². The number of esters is 1. The van der Waals surface area contributed by atoms with E-state index in [0.29, 0.717) is 21.9 Å². The van der Waals surface area contributed by atoms with Crippen LogP contribution in [0.5, 0.6) is 11.5 Å². The smallest absolute Gasteiger partial charge is 0.353 e. The molecule has 5 rings (SSSR count). The highest BCUT2D eigenvalue weighted by Gasteiger charge is 2.30. The van der Waals surface area contributed by atoms with Crippen molar-refractivity contribution in [2.45, 2.75) is 39.3 Å². The predicted molar refractivity (Wildman–Crippen MR) is 156 cm³/mol. The molecule has 4 aromatic rings. The Hall–Kier alpha value is -3.94. The minimum absolute atomic E-state index is 0.236. The fourth-order valence-corrected chi connectivity index (χ4v) is 5.91. The molecule has 0 saturated heterocycles. The van der Waals surface area contributed by atoms with Crippen LogP contribution in [0.2, 0.25) is 0 Å². The number of ether oxygens (including phenoxy) is 2. The number of carbonyl (C=O) groups excluding carboxylic acids is 1. The summed E-state index contributed by atoms with van der Waals surface area (Å²) in [7, 11) is 1.58. The highest BCUT2D eigenvalue weighted by molar-refractivity contribution is 7.12. The maximum Gasteiger partial charge on any atom is 0.353 e. The van der Waals surface area contributed by atoms with E-state index in [0.717, 1.165) is 39.1 Å². The first kappa shape index (κ1) is 26.7. The minimum Gasteiger partial charge on any atom is -0.496 e. The van der Waals surface area contributed by atoms with Crippen LogP contribution < -0.4 is 20.5 Å². The van der Waals surface area contributed by atoms with Gasteiger partial charge in [0.2, 0.25) is 0 Å². The zero-order valence-corrected chi connectivity index (χ0v) is 23.4. The Morgan fingerprint density at radius 1 is 1.05 bits per heavy atom. The van der Waals surface area contributed by atoms with Crippen molar-refractivity contribution in [2.75, 3.05) is 12.4 Å². The number of hydrogen-bond acceptors (Lipinski definition) is 6. The number of rotatable bonds is 6. The number of halogens is 1. The summed E-state index contributed by atoms with van der Waals surface area (Å²) in [6.45, 7) is 8.24. The summed E-state index contributed by atoms with van der Waals surface area (Å²) in [5, 5.41) is 5.42. The summed E-state index contributed by atoms with van der Waals surface area (Å²) in [5.74, 6) is 0.144. The molecule has 1 unspecified atom stereocenters. The number of hydrogen-bond donors (Lipinski definition) is 2. The fourth-order valence-electron chi connectivity index (χ4n) is 5.31. The van der Waals surface area contributed by atoms with Crippen molar-refractivity contribution in [1.82, 2.24) is 0 Å². The van der Waals surface area contributed by atoms with Gasteiger partial charge in [-0.3, -0.25) is 0 Å². The minimum atomic E-state index is -0.613. The third-order valence-corrected chi connectivity index (χ3v) is 7.81. The second-order valence-electron chi connectivity index (χ2n) is 10.3. The largest absolute Gasteiger partial charge is 0.496 e. The van der Waals surface area contributed by atoms with Crippen molar-refractivity contribution in [3.8, 4) is 22.6 Å². The van der Waals surface area contributed by atoms with Gasteiger partial charge >= 0.3 is 5.97 Å². The molecule has 200 valence electrons. The molecule has 7 heteroatoms. The number of fused-ring (bicyclic) bond motifs is 1. The van der Waals surface area contributed by atoms with Gasteiger partial charge in [-0.05, 0) is 97.3 Å². The van der Waals surface area contributed by atoms with Gasteiger partial charge in [0.25, 0.3) is 0 Å². The SMILES string of the molecule is COc1cc(OC(=O)c2cccs2)ccc1-c1ccc2c(c1C(N)c1cc(F)ccc1C)C(C)=CC(C)(C)N2. The molecule has 1 aromatic heterocycles. The zero-order chi connectivity index (χ0) is 27.9. The van der Waals surface area contributed by atoms with E-state index in [1.165, 1.54) is 23.5 Å². The highest BCUT2D eigenvalue weighted by Crippen LogP contribution is 2.46. The monoisotopic (exact) mass is 542 g/mol. The van der Waals surface area contributed by atoms with Gasteiger partial charge in [-0.25, -0.2) is 9.18 Å². The van der Waals surface area contributed by atoms with Gasteiger partial charge in [-0.2, -0.15) is 0 Å². The van der Waals surface area contributed by atoms with Gasteiger partial charge in [-0.15, -0.1) is 11.3 Å². The van der Waals surface area contributed by atoms with Crippen molar-refractivity contribution < 1.29 is 18.7 Å². The molecule has 0 radical (unpaired) electrons. The molecule has 2 heterocycles. The predicted octanol–water partition coefficient (Wildman–Crippen LogP) is 7.75. The lowest BCUT2D eigenvalue weighted by Crippen LogP contribution is -2.32. The van der Waals surface area contributed by atoms with Gasteiger partial charge in [0.1, 0.15) is 22.2 Å². The average molecular weight is 543 g/mol. The number of benzene rings is 3. The van der Waals surface area contributed by atoms with Gasteiger partial charge in [0, 0.05) is 22.9 Å². The van der Waals surface area contributed by atoms with Gasteiger partial charge in [0.05, 0.1) is 18.7 Å². The summed E-state index contributed by atoms with van der Waals surface area (Å²) >= 11 is 1.32. The van der Waals surface area contributed by atoms with Crippen LogP contribution in [0.25, 0.3) is 16.7 Å². The van der Waals surface area contributed by atoms with E-state index in [1.807, 2.05) is 30.5 Å².